The summed E-state index contributed by atoms with van der Waals surface area (Å²) in [6.07, 6.45) is 2.22. The number of benzene rings is 3. The number of carbonyl (C=O) groups is 1. The molecular weight excluding hydrogens is 453 g/mol. The Morgan fingerprint density at radius 1 is 1.00 bits per heavy atom. The third kappa shape index (κ3) is 5.18. The second-order valence-electron chi connectivity index (χ2n) is 8.50. The van der Waals surface area contributed by atoms with Gasteiger partial charge in [-0.1, -0.05) is 72.3 Å². The summed E-state index contributed by atoms with van der Waals surface area (Å²) in [4.78, 5) is 15.2. The van der Waals surface area contributed by atoms with Gasteiger partial charge in [-0.05, 0) is 60.7 Å². The molecule has 33 heavy (non-hydrogen) atoms. The van der Waals surface area contributed by atoms with Gasteiger partial charge in [0.15, 0.2) is 0 Å². The number of hydrogen-bond donors (Lipinski definition) is 2. The smallest absolute Gasteiger partial charge is 0.323 e. The number of fused-ring (bicyclic) bond motifs is 1. The fourth-order valence-corrected chi connectivity index (χ4v) is 4.75. The van der Waals surface area contributed by atoms with Crippen LogP contribution in [0.25, 0.3) is 16.5 Å². The van der Waals surface area contributed by atoms with Crippen LogP contribution in [-0.2, 0) is 0 Å². The summed E-state index contributed by atoms with van der Waals surface area (Å²) in [5.41, 5.74) is 4.02. The molecule has 4 nitrogen and oxygen atoms in total. The van der Waals surface area contributed by atoms with Crippen LogP contribution in [0.5, 0.6) is 0 Å². The lowest BCUT2D eigenvalue weighted by Gasteiger charge is -2.36. The van der Waals surface area contributed by atoms with Crippen molar-refractivity contribution in [2.24, 2.45) is 5.92 Å². The average molecular weight is 480 g/mol. The SMILES string of the molecule is C=C(C)C1CCCN(C(=C)c2cc3ccccc3cc2NC(=O)Nc2c(Cl)cccc2Cl)C1. The van der Waals surface area contributed by atoms with Crippen molar-refractivity contribution in [3.05, 3.63) is 88.9 Å². The van der Waals surface area contributed by atoms with Crippen molar-refractivity contribution in [3.63, 3.8) is 0 Å². The van der Waals surface area contributed by atoms with Crippen LogP contribution in [-0.4, -0.2) is 24.0 Å². The second-order valence-corrected chi connectivity index (χ2v) is 9.31. The molecule has 0 bridgehead atoms. The third-order valence-electron chi connectivity index (χ3n) is 6.15. The molecule has 2 amide bonds. The Bertz CT molecular complexity index is 1220. The highest BCUT2D eigenvalue weighted by Gasteiger charge is 2.23. The van der Waals surface area contributed by atoms with E-state index in [1.807, 2.05) is 24.3 Å². The minimum atomic E-state index is -0.423. The maximum atomic E-state index is 12.9. The van der Waals surface area contributed by atoms with E-state index >= 15 is 0 Å². The third-order valence-corrected chi connectivity index (χ3v) is 6.78. The number of piperidine rings is 1. The van der Waals surface area contributed by atoms with E-state index < -0.39 is 6.03 Å². The van der Waals surface area contributed by atoms with Gasteiger partial charge in [-0.15, -0.1) is 0 Å². The number of halogens is 2. The summed E-state index contributed by atoms with van der Waals surface area (Å²) in [5.74, 6) is 0.443. The molecule has 4 rings (SSSR count). The molecule has 0 saturated carbocycles. The quantitative estimate of drug-likeness (QED) is 0.363. The molecule has 1 fully saturated rings. The van der Waals surface area contributed by atoms with E-state index in [2.05, 4.69) is 47.7 Å². The highest BCUT2D eigenvalue weighted by molar-refractivity contribution is 6.39. The summed E-state index contributed by atoms with van der Waals surface area (Å²) in [6, 6.07) is 16.8. The van der Waals surface area contributed by atoms with Crippen LogP contribution < -0.4 is 10.6 Å². The van der Waals surface area contributed by atoms with Gasteiger partial charge in [-0.3, -0.25) is 0 Å². The predicted molar refractivity (Wildman–Crippen MR) is 141 cm³/mol. The van der Waals surface area contributed by atoms with E-state index in [9.17, 15) is 4.79 Å². The molecule has 1 unspecified atom stereocenters. The van der Waals surface area contributed by atoms with Gasteiger partial charge < -0.3 is 15.5 Å². The maximum Gasteiger partial charge on any atom is 0.323 e. The normalized spacial score (nSPS) is 15.8. The average Bonchev–Trinajstić information content (AvgIpc) is 2.80. The van der Waals surface area contributed by atoms with Crippen LogP contribution in [0.15, 0.2) is 73.3 Å². The van der Waals surface area contributed by atoms with Gasteiger partial charge in [0.25, 0.3) is 0 Å². The van der Waals surface area contributed by atoms with Gasteiger partial charge in [-0.2, -0.15) is 0 Å². The number of hydrogen-bond acceptors (Lipinski definition) is 2. The molecule has 0 radical (unpaired) electrons. The molecule has 1 saturated heterocycles. The van der Waals surface area contributed by atoms with E-state index in [0.29, 0.717) is 27.3 Å². The summed E-state index contributed by atoms with van der Waals surface area (Å²) < 4.78 is 0. The maximum absolute atomic E-state index is 12.9. The molecule has 170 valence electrons. The largest absolute Gasteiger partial charge is 0.371 e. The molecule has 3 aromatic rings. The van der Waals surface area contributed by atoms with Crippen molar-refractivity contribution >= 4 is 57.1 Å². The van der Waals surface area contributed by atoms with Gasteiger partial charge in [-0.25, -0.2) is 4.79 Å². The number of anilines is 2. The van der Waals surface area contributed by atoms with Crippen molar-refractivity contribution in [2.45, 2.75) is 19.8 Å². The number of likely N-dealkylation sites (tertiary alicyclic amines) is 1. The van der Waals surface area contributed by atoms with Gasteiger partial charge >= 0.3 is 6.03 Å². The number of carbonyl (C=O) groups excluding carboxylic acids is 1. The van der Waals surface area contributed by atoms with Crippen molar-refractivity contribution in [2.75, 3.05) is 23.7 Å². The lowest BCUT2D eigenvalue weighted by Crippen LogP contribution is -2.34. The highest BCUT2D eigenvalue weighted by Crippen LogP contribution is 2.35. The van der Waals surface area contributed by atoms with Crippen molar-refractivity contribution in [3.8, 4) is 0 Å². The summed E-state index contributed by atoms with van der Waals surface area (Å²) in [6.45, 7) is 12.5. The van der Waals surface area contributed by atoms with Gasteiger partial charge in [0, 0.05) is 24.4 Å². The van der Waals surface area contributed by atoms with Crippen LogP contribution in [0.3, 0.4) is 0 Å². The number of para-hydroxylation sites is 1. The van der Waals surface area contributed by atoms with Crippen LogP contribution in [0.4, 0.5) is 16.2 Å². The Labute approximate surface area is 204 Å². The molecule has 0 aromatic heterocycles. The lowest BCUT2D eigenvalue weighted by atomic mass is 9.91. The zero-order chi connectivity index (χ0) is 23.5. The Balaban J connectivity index is 1.65. The van der Waals surface area contributed by atoms with Gasteiger partial charge in [0.2, 0.25) is 0 Å². The van der Waals surface area contributed by atoms with Crippen LogP contribution in [0.1, 0.15) is 25.3 Å². The molecule has 1 aliphatic rings. The minimum Gasteiger partial charge on any atom is -0.371 e. The first-order valence-corrected chi connectivity index (χ1v) is 11.7. The number of nitrogens with zero attached hydrogens (tertiary/aromatic N) is 1. The van der Waals surface area contributed by atoms with Crippen molar-refractivity contribution in [1.82, 2.24) is 4.90 Å². The Morgan fingerprint density at radius 2 is 1.67 bits per heavy atom. The van der Waals surface area contributed by atoms with E-state index in [4.69, 9.17) is 23.2 Å². The number of nitrogens with one attached hydrogen (secondary N) is 2. The highest BCUT2D eigenvalue weighted by atomic mass is 35.5. The molecule has 1 aliphatic heterocycles. The first-order chi connectivity index (χ1) is 15.8. The molecule has 0 aliphatic carbocycles. The monoisotopic (exact) mass is 479 g/mol. The predicted octanol–water partition coefficient (Wildman–Crippen LogP) is 8.05. The van der Waals surface area contributed by atoms with Gasteiger partial charge in [0.1, 0.15) is 0 Å². The topological polar surface area (TPSA) is 44.4 Å². The first kappa shape index (κ1) is 23.2. The molecule has 6 heteroatoms. The molecular formula is C27H27Cl2N3O. The Morgan fingerprint density at radius 3 is 2.33 bits per heavy atom. The summed E-state index contributed by atoms with van der Waals surface area (Å²) in [5, 5.41) is 8.62. The van der Waals surface area contributed by atoms with E-state index in [1.54, 1.807) is 18.2 Å². The van der Waals surface area contributed by atoms with Gasteiger partial charge in [0.05, 0.1) is 21.4 Å². The fourth-order valence-electron chi connectivity index (χ4n) is 4.26. The van der Waals surface area contributed by atoms with E-state index in [1.165, 1.54) is 5.57 Å². The standard InChI is InChI=1S/C27H27Cl2N3O/c1-17(2)21-10-7-13-32(16-21)18(3)22-14-19-8-4-5-9-20(19)15-25(22)30-27(33)31-26-23(28)11-6-12-24(26)29/h4-6,8-9,11-12,14-15,21H,1,3,7,10,13,16H2,2H3,(H2,30,31,33). The Kier molecular flexibility index (Phi) is 6.96. The number of urea groups is 1. The number of amides is 2. The zero-order valence-electron chi connectivity index (χ0n) is 18.6. The van der Waals surface area contributed by atoms with Crippen LogP contribution in [0, 0.1) is 5.92 Å². The minimum absolute atomic E-state index is 0.375. The summed E-state index contributed by atoms with van der Waals surface area (Å²) >= 11 is 12.4. The fraction of sp³-hybridized carbons (Fsp3) is 0.222. The van der Waals surface area contributed by atoms with Crippen LogP contribution >= 0.6 is 23.2 Å². The first-order valence-electron chi connectivity index (χ1n) is 11.0. The Hall–Kier alpha value is -2.95. The molecule has 2 N–H and O–H groups in total. The molecule has 1 heterocycles. The lowest BCUT2D eigenvalue weighted by molar-refractivity contribution is 0.262. The molecule has 1 atom stereocenters. The van der Waals surface area contributed by atoms with E-state index in [-0.39, 0.29) is 0 Å². The second kappa shape index (κ2) is 9.90. The summed E-state index contributed by atoms with van der Waals surface area (Å²) in [7, 11) is 0. The molecule has 0 spiro atoms. The zero-order valence-corrected chi connectivity index (χ0v) is 20.1. The van der Waals surface area contributed by atoms with Crippen molar-refractivity contribution in [1.29, 1.82) is 0 Å². The molecule has 3 aromatic carbocycles. The van der Waals surface area contributed by atoms with E-state index in [0.717, 1.165) is 48.0 Å². The van der Waals surface area contributed by atoms with Crippen molar-refractivity contribution < 1.29 is 4.79 Å². The van der Waals surface area contributed by atoms with Crippen LogP contribution in [0.2, 0.25) is 10.0 Å². The number of rotatable bonds is 5.